The second kappa shape index (κ2) is 8.10. The first kappa shape index (κ1) is 24.2. The van der Waals surface area contributed by atoms with E-state index in [1.807, 2.05) is 24.3 Å². The number of ether oxygens (including phenoxy) is 1. The number of methoxy groups -OCH3 is 1. The number of benzene rings is 4. The van der Waals surface area contributed by atoms with E-state index >= 15 is 0 Å². The number of primary sulfonamides is 1. The van der Waals surface area contributed by atoms with E-state index < -0.39 is 10.0 Å². The van der Waals surface area contributed by atoms with Gasteiger partial charge in [0.1, 0.15) is 5.75 Å². The van der Waals surface area contributed by atoms with Crippen molar-refractivity contribution >= 4 is 31.6 Å². The van der Waals surface area contributed by atoms with Crippen molar-refractivity contribution in [2.75, 3.05) is 7.11 Å². The summed E-state index contributed by atoms with van der Waals surface area (Å²) in [5.74, 6) is 0.605. The van der Waals surface area contributed by atoms with E-state index in [1.165, 1.54) is 11.1 Å². The van der Waals surface area contributed by atoms with Crippen molar-refractivity contribution in [3.05, 3.63) is 71.8 Å². The quantitative estimate of drug-likeness (QED) is 0.350. The van der Waals surface area contributed by atoms with Gasteiger partial charge in [0.25, 0.3) is 0 Å². The molecule has 178 valence electrons. The van der Waals surface area contributed by atoms with Gasteiger partial charge in [-0.25, -0.2) is 13.6 Å². The van der Waals surface area contributed by atoms with Gasteiger partial charge in [-0.15, -0.1) is 0 Å². The molecule has 5 heteroatoms. The van der Waals surface area contributed by atoms with Crippen molar-refractivity contribution in [3.8, 4) is 16.9 Å². The highest BCUT2D eigenvalue weighted by molar-refractivity contribution is 7.89. The molecule has 0 bridgehead atoms. The third-order valence-corrected chi connectivity index (χ3v) is 7.42. The van der Waals surface area contributed by atoms with Crippen molar-refractivity contribution in [2.45, 2.75) is 57.3 Å². The summed E-state index contributed by atoms with van der Waals surface area (Å²) in [5.41, 5.74) is 3.64. The largest absolute Gasteiger partial charge is 0.496 e. The summed E-state index contributed by atoms with van der Waals surface area (Å²) >= 11 is 0. The number of hydrogen-bond donors (Lipinski definition) is 1. The summed E-state index contributed by atoms with van der Waals surface area (Å²) in [7, 11) is -2.39. The Balaban J connectivity index is 2.17. The van der Waals surface area contributed by atoms with Crippen LogP contribution in [0.4, 0.5) is 0 Å². The molecule has 0 unspecified atom stereocenters. The fourth-order valence-electron chi connectivity index (χ4n) is 4.48. The second-order valence-corrected chi connectivity index (χ2v) is 12.5. The van der Waals surface area contributed by atoms with Crippen molar-refractivity contribution in [2.24, 2.45) is 5.14 Å². The SMILES string of the molecule is COc1ccc2cc(C(C)(C)C)ccc2c1-c1c(S(N)(=O)=O)ccc2cc(C(C)(C)C)ccc12. The standard InChI is InChI=1S/C29H33NO3S/c1-28(2,3)20-10-12-22-18(16-20)8-14-24(33-7)26(22)27-23-13-11-21(29(4,5)6)17-19(23)9-15-25(27)34(30,31)32/h8-17H,1-7H3,(H2,30,31,32). The molecule has 0 aliphatic carbocycles. The van der Waals surface area contributed by atoms with Crippen molar-refractivity contribution in [3.63, 3.8) is 0 Å². The van der Waals surface area contributed by atoms with Gasteiger partial charge in [0, 0.05) is 11.1 Å². The van der Waals surface area contributed by atoms with Gasteiger partial charge >= 0.3 is 0 Å². The molecule has 0 fully saturated rings. The normalized spacial score (nSPS) is 12.9. The van der Waals surface area contributed by atoms with Crippen LogP contribution in [0.5, 0.6) is 5.75 Å². The first-order valence-corrected chi connectivity index (χ1v) is 13.0. The lowest BCUT2D eigenvalue weighted by atomic mass is 9.83. The summed E-state index contributed by atoms with van der Waals surface area (Å²) in [6.07, 6.45) is 0. The zero-order valence-corrected chi connectivity index (χ0v) is 21.8. The molecule has 0 saturated heterocycles. The Labute approximate surface area is 202 Å². The maximum atomic E-state index is 12.8. The van der Waals surface area contributed by atoms with Crippen LogP contribution in [-0.4, -0.2) is 15.5 Å². The minimum absolute atomic E-state index is 0.0111. The Kier molecular flexibility index (Phi) is 5.78. The highest BCUT2D eigenvalue weighted by Gasteiger charge is 2.24. The van der Waals surface area contributed by atoms with Gasteiger partial charge in [-0.2, -0.15) is 0 Å². The van der Waals surface area contributed by atoms with Crippen LogP contribution < -0.4 is 9.88 Å². The predicted molar refractivity (Wildman–Crippen MR) is 142 cm³/mol. The summed E-state index contributed by atoms with van der Waals surface area (Å²) in [6.45, 7) is 13.0. The zero-order chi connectivity index (χ0) is 25.1. The number of fused-ring (bicyclic) bond motifs is 2. The third kappa shape index (κ3) is 4.30. The van der Waals surface area contributed by atoms with E-state index in [9.17, 15) is 8.42 Å². The van der Waals surface area contributed by atoms with Gasteiger partial charge < -0.3 is 4.74 Å². The minimum Gasteiger partial charge on any atom is -0.496 e. The Bertz CT molecular complexity index is 1520. The number of hydrogen-bond acceptors (Lipinski definition) is 3. The Morgan fingerprint density at radius 3 is 1.59 bits per heavy atom. The molecule has 4 aromatic carbocycles. The molecule has 2 N–H and O–H groups in total. The van der Waals surface area contributed by atoms with Crippen LogP contribution in [0.25, 0.3) is 32.7 Å². The van der Waals surface area contributed by atoms with Crippen LogP contribution in [0, 0.1) is 0 Å². The molecule has 0 aliphatic rings. The minimum atomic E-state index is -3.99. The molecule has 0 amide bonds. The van der Waals surface area contributed by atoms with Gasteiger partial charge in [0.2, 0.25) is 10.0 Å². The molecular weight excluding hydrogens is 442 g/mol. The lowest BCUT2D eigenvalue weighted by molar-refractivity contribution is 0.417. The molecule has 0 radical (unpaired) electrons. The zero-order valence-electron chi connectivity index (χ0n) is 21.0. The van der Waals surface area contributed by atoms with E-state index in [0.29, 0.717) is 11.3 Å². The summed E-state index contributed by atoms with van der Waals surface area (Å²) < 4.78 is 31.3. The summed E-state index contributed by atoms with van der Waals surface area (Å²) in [5, 5.41) is 9.46. The average Bonchev–Trinajstić information content (AvgIpc) is 2.74. The molecule has 0 heterocycles. The fourth-order valence-corrected chi connectivity index (χ4v) is 5.23. The van der Waals surface area contributed by atoms with E-state index in [2.05, 4.69) is 71.9 Å². The molecular formula is C29H33NO3S. The van der Waals surface area contributed by atoms with E-state index in [4.69, 9.17) is 9.88 Å². The summed E-state index contributed by atoms with van der Waals surface area (Å²) in [6, 6.07) is 19.9. The number of rotatable bonds is 3. The van der Waals surface area contributed by atoms with Crippen molar-refractivity contribution in [1.82, 2.24) is 0 Å². The Morgan fingerprint density at radius 1 is 0.676 bits per heavy atom. The smallest absolute Gasteiger partial charge is 0.238 e. The van der Waals surface area contributed by atoms with Gasteiger partial charge in [-0.3, -0.25) is 0 Å². The molecule has 0 aliphatic heterocycles. The van der Waals surface area contributed by atoms with Crippen LogP contribution in [0.3, 0.4) is 0 Å². The topological polar surface area (TPSA) is 69.4 Å². The average molecular weight is 476 g/mol. The molecule has 4 aromatic rings. The van der Waals surface area contributed by atoms with Crippen molar-refractivity contribution in [1.29, 1.82) is 0 Å². The molecule has 0 atom stereocenters. The van der Waals surface area contributed by atoms with Crippen LogP contribution in [0.1, 0.15) is 52.7 Å². The Morgan fingerprint density at radius 2 is 1.15 bits per heavy atom. The van der Waals surface area contributed by atoms with E-state index in [-0.39, 0.29) is 15.7 Å². The second-order valence-electron chi connectivity index (χ2n) is 11.0. The van der Waals surface area contributed by atoms with E-state index in [1.54, 1.807) is 13.2 Å². The van der Waals surface area contributed by atoms with Gasteiger partial charge in [-0.1, -0.05) is 90.1 Å². The number of nitrogens with two attached hydrogens (primary N) is 1. The molecule has 0 spiro atoms. The van der Waals surface area contributed by atoms with Crippen LogP contribution >= 0.6 is 0 Å². The monoisotopic (exact) mass is 475 g/mol. The summed E-state index contributed by atoms with van der Waals surface area (Å²) in [4.78, 5) is 0.0919. The molecule has 4 rings (SSSR count). The fraction of sp³-hybridized carbons (Fsp3) is 0.310. The van der Waals surface area contributed by atoms with Gasteiger partial charge in [-0.05, 0) is 55.6 Å². The van der Waals surface area contributed by atoms with Gasteiger partial charge in [0.05, 0.1) is 12.0 Å². The maximum Gasteiger partial charge on any atom is 0.238 e. The maximum absolute atomic E-state index is 12.8. The van der Waals surface area contributed by atoms with Crippen LogP contribution in [0.15, 0.2) is 65.6 Å². The highest BCUT2D eigenvalue weighted by Crippen LogP contribution is 2.44. The first-order valence-electron chi connectivity index (χ1n) is 11.4. The molecule has 4 nitrogen and oxygen atoms in total. The van der Waals surface area contributed by atoms with Crippen molar-refractivity contribution < 1.29 is 13.2 Å². The molecule has 34 heavy (non-hydrogen) atoms. The highest BCUT2D eigenvalue weighted by atomic mass is 32.2. The van der Waals surface area contributed by atoms with Gasteiger partial charge in [0.15, 0.2) is 0 Å². The first-order chi connectivity index (χ1) is 15.7. The van der Waals surface area contributed by atoms with Crippen LogP contribution in [-0.2, 0) is 20.9 Å². The van der Waals surface area contributed by atoms with Crippen LogP contribution in [0.2, 0.25) is 0 Å². The predicted octanol–water partition coefficient (Wildman–Crippen LogP) is 6.91. The lowest BCUT2D eigenvalue weighted by Gasteiger charge is -2.23. The Hall–Kier alpha value is -2.89. The number of sulfonamides is 1. The third-order valence-electron chi connectivity index (χ3n) is 6.47. The van der Waals surface area contributed by atoms with E-state index in [0.717, 1.165) is 27.1 Å². The molecule has 0 saturated carbocycles. The molecule has 0 aromatic heterocycles. The lowest BCUT2D eigenvalue weighted by Crippen LogP contribution is -2.14.